The van der Waals surface area contributed by atoms with Gasteiger partial charge in [0.1, 0.15) is 0 Å². The molecular formula is C10H8N4. The first-order valence-corrected chi connectivity index (χ1v) is 4.18. The zero-order valence-electron chi connectivity index (χ0n) is 7.68. The highest BCUT2D eigenvalue weighted by Crippen LogP contribution is 2.07. The minimum absolute atomic E-state index is 0.600. The van der Waals surface area contributed by atoms with Crippen molar-refractivity contribution in [3.63, 3.8) is 0 Å². The maximum atomic E-state index is 8.78. The molecule has 2 aromatic heterocycles. The Kier molecular flexibility index (Phi) is 1.99. The van der Waals surface area contributed by atoms with E-state index in [1.165, 1.54) is 0 Å². The summed E-state index contributed by atoms with van der Waals surface area (Å²) in [5.41, 5.74) is 1.41. The van der Waals surface area contributed by atoms with Crippen molar-refractivity contribution in [1.29, 1.82) is 5.26 Å². The number of aromatic nitrogens is 3. The topological polar surface area (TPSA) is 54.5 Å². The zero-order chi connectivity index (χ0) is 9.97. The van der Waals surface area contributed by atoms with Gasteiger partial charge in [0.25, 0.3) is 0 Å². The number of nitriles is 1. The molecule has 4 heteroatoms. The summed E-state index contributed by atoms with van der Waals surface area (Å²) >= 11 is 0. The van der Waals surface area contributed by atoms with Gasteiger partial charge in [-0.3, -0.25) is 0 Å². The van der Waals surface area contributed by atoms with Gasteiger partial charge in [-0.15, -0.1) is 0 Å². The summed E-state index contributed by atoms with van der Waals surface area (Å²) in [6.45, 7) is 1.86. The summed E-state index contributed by atoms with van der Waals surface area (Å²) in [6.07, 6.45) is 3.47. The van der Waals surface area contributed by atoms with Crippen LogP contribution in [0.5, 0.6) is 0 Å². The van der Waals surface area contributed by atoms with Gasteiger partial charge in [0.15, 0.2) is 5.82 Å². The van der Waals surface area contributed by atoms with Crippen LogP contribution in [0.25, 0.3) is 5.82 Å². The van der Waals surface area contributed by atoms with Crippen LogP contribution >= 0.6 is 0 Å². The molecular weight excluding hydrogens is 176 g/mol. The van der Waals surface area contributed by atoms with Gasteiger partial charge >= 0.3 is 0 Å². The van der Waals surface area contributed by atoms with Crippen LogP contribution in [0.4, 0.5) is 0 Å². The molecule has 0 saturated carbocycles. The molecule has 2 rings (SSSR count). The maximum absolute atomic E-state index is 8.78. The van der Waals surface area contributed by atoms with Crippen molar-refractivity contribution in [3.05, 3.63) is 41.9 Å². The second-order valence-corrected chi connectivity index (χ2v) is 2.92. The Morgan fingerprint density at radius 2 is 2.29 bits per heavy atom. The molecule has 4 nitrogen and oxygen atoms in total. The van der Waals surface area contributed by atoms with Crippen LogP contribution in [0.2, 0.25) is 0 Å². The van der Waals surface area contributed by atoms with E-state index in [9.17, 15) is 0 Å². The molecule has 0 atom stereocenters. The number of hydrogen-bond acceptors (Lipinski definition) is 3. The van der Waals surface area contributed by atoms with E-state index in [-0.39, 0.29) is 0 Å². The monoisotopic (exact) mass is 184 g/mol. The van der Waals surface area contributed by atoms with Crippen LogP contribution in [-0.4, -0.2) is 14.8 Å². The molecule has 0 N–H and O–H groups in total. The minimum Gasteiger partial charge on any atom is -0.234 e. The van der Waals surface area contributed by atoms with Gasteiger partial charge in [-0.2, -0.15) is 10.4 Å². The van der Waals surface area contributed by atoms with E-state index in [0.29, 0.717) is 11.4 Å². The highest BCUT2D eigenvalue weighted by atomic mass is 15.3. The third-order valence-electron chi connectivity index (χ3n) is 1.81. The predicted molar refractivity (Wildman–Crippen MR) is 50.8 cm³/mol. The number of nitrogens with zero attached hydrogens (tertiary/aromatic N) is 4. The molecule has 0 fully saturated rings. The fraction of sp³-hybridized carbons (Fsp3) is 0.100. The maximum Gasteiger partial charge on any atom is 0.154 e. The smallest absolute Gasteiger partial charge is 0.154 e. The molecule has 0 aromatic carbocycles. The van der Waals surface area contributed by atoms with Crippen LogP contribution in [0.15, 0.2) is 30.6 Å². The normalized spacial score (nSPS) is 9.71. The van der Waals surface area contributed by atoms with E-state index in [1.807, 2.05) is 13.0 Å². The van der Waals surface area contributed by atoms with Crippen molar-refractivity contribution in [1.82, 2.24) is 14.8 Å². The minimum atomic E-state index is 0.600. The van der Waals surface area contributed by atoms with Crippen molar-refractivity contribution >= 4 is 0 Å². The molecule has 2 aromatic rings. The van der Waals surface area contributed by atoms with Crippen molar-refractivity contribution in [2.45, 2.75) is 6.92 Å². The molecule has 0 aliphatic rings. The Morgan fingerprint density at radius 3 is 2.93 bits per heavy atom. The summed E-state index contributed by atoms with van der Waals surface area (Å²) in [5.74, 6) is 0.673. The lowest BCUT2D eigenvalue weighted by atomic mass is 10.2. The zero-order valence-corrected chi connectivity index (χ0v) is 7.68. The molecule has 0 amide bonds. The summed E-state index contributed by atoms with van der Waals surface area (Å²) in [7, 11) is 0. The lowest BCUT2D eigenvalue weighted by molar-refractivity contribution is 0.840. The van der Waals surface area contributed by atoms with Crippen molar-refractivity contribution < 1.29 is 0 Å². The van der Waals surface area contributed by atoms with Crippen LogP contribution in [0.3, 0.4) is 0 Å². The molecule has 68 valence electrons. The quantitative estimate of drug-likeness (QED) is 0.674. The first-order valence-electron chi connectivity index (χ1n) is 4.18. The number of pyridine rings is 1. The van der Waals surface area contributed by atoms with Gasteiger partial charge in [0.05, 0.1) is 11.6 Å². The van der Waals surface area contributed by atoms with Gasteiger partial charge < -0.3 is 0 Å². The second kappa shape index (κ2) is 3.30. The van der Waals surface area contributed by atoms with Gasteiger partial charge in [-0.25, -0.2) is 9.67 Å². The number of hydrogen-bond donors (Lipinski definition) is 0. The van der Waals surface area contributed by atoms with E-state index in [1.54, 1.807) is 29.2 Å². The summed E-state index contributed by atoms with van der Waals surface area (Å²) in [5, 5.41) is 12.8. The van der Waals surface area contributed by atoms with Crippen LogP contribution in [0, 0.1) is 18.3 Å². The van der Waals surface area contributed by atoms with Gasteiger partial charge in [0.2, 0.25) is 0 Å². The molecule has 0 saturated heterocycles. The first-order chi connectivity index (χ1) is 6.79. The van der Waals surface area contributed by atoms with E-state index in [4.69, 9.17) is 5.26 Å². The average molecular weight is 184 g/mol. The average Bonchev–Trinajstić information content (AvgIpc) is 2.69. The summed E-state index contributed by atoms with van der Waals surface area (Å²) < 4.78 is 1.63. The molecule has 0 spiro atoms. The molecule has 0 unspecified atom stereocenters. The first kappa shape index (κ1) is 8.45. The number of aryl methyl sites for hydroxylation is 1. The van der Waals surface area contributed by atoms with Crippen molar-refractivity contribution in [2.75, 3.05) is 0 Å². The summed E-state index contributed by atoms with van der Waals surface area (Å²) in [6, 6.07) is 7.36. The lowest BCUT2D eigenvalue weighted by Gasteiger charge is -2.01. The van der Waals surface area contributed by atoms with E-state index in [2.05, 4.69) is 16.2 Å². The van der Waals surface area contributed by atoms with Gasteiger partial charge in [-0.05, 0) is 19.1 Å². The van der Waals surface area contributed by atoms with E-state index < -0.39 is 0 Å². The summed E-state index contributed by atoms with van der Waals surface area (Å²) in [4.78, 5) is 4.27. The Morgan fingerprint density at radius 1 is 1.43 bits per heavy atom. The Bertz CT molecular complexity index is 479. The fourth-order valence-electron chi connectivity index (χ4n) is 1.24. The van der Waals surface area contributed by atoms with Crippen molar-refractivity contribution in [3.8, 4) is 11.9 Å². The molecule has 2 heterocycles. The third-order valence-corrected chi connectivity index (χ3v) is 1.81. The Balaban J connectivity index is 2.55. The standard InChI is InChI=1S/C10H8N4/c1-8-5-9(7-11)6-10(13-8)14-4-2-3-12-14/h2-6H,1H3. The Labute approximate surface area is 81.4 Å². The van der Waals surface area contributed by atoms with Crippen LogP contribution in [0.1, 0.15) is 11.3 Å². The Hall–Kier alpha value is -2.15. The predicted octanol–water partition coefficient (Wildman–Crippen LogP) is 1.45. The molecule has 0 aliphatic heterocycles. The molecule has 0 aliphatic carbocycles. The molecule has 0 bridgehead atoms. The largest absolute Gasteiger partial charge is 0.234 e. The highest BCUT2D eigenvalue weighted by molar-refractivity contribution is 5.37. The van der Waals surface area contributed by atoms with Gasteiger partial charge in [-0.1, -0.05) is 0 Å². The van der Waals surface area contributed by atoms with E-state index in [0.717, 1.165) is 5.69 Å². The molecule has 0 radical (unpaired) electrons. The third kappa shape index (κ3) is 1.48. The van der Waals surface area contributed by atoms with Gasteiger partial charge in [0, 0.05) is 24.2 Å². The second-order valence-electron chi connectivity index (χ2n) is 2.92. The lowest BCUT2D eigenvalue weighted by Crippen LogP contribution is -1.99. The number of rotatable bonds is 1. The van der Waals surface area contributed by atoms with E-state index >= 15 is 0 Å². The fourth-order valence-corrected chi connectivity index (χ4v) is 1.24. The van der Waals surface area contributed by atoms with Crippen LogP contribution in [-0.2, 0) is 0 Å². The van der Waals surface area contributed by atoms with Crippen LogP contribution < -0.4 is 0 Å². The van der Waals surface area contributed by atoms with Crippen molar-refractivity contribution in [2.24, 2.45) is 0 Å². The SMILES string of the molecule is Cc1cc(C#N)cc(-n2cccn2)n1. The molecule has 14 heavy (non-hydrogen) atoms. The highest BCUT2D eigenvalue weighted by Gasteiger charge is 2.01.